The second-order valence-electron chi connectivity index (χ2n) is 4.83. The summed E-state index contributed by atoms with van der Waals surface area (Å²) < 4.78 is 87.0. The first kappa shape index (κ1) is 20.1. The first-order valence-corrected chi connectivity index (χ1v) is 6.80. The number of hydrogen-bond acceptors (Lipinski definition) is 6. The van der Waals surface area contributed by atoms with Gasteiger partial charge in [0.2, 0.25) is 0 Å². The van der Waals surface area contributed by atoms with Crippen molar-refractivity contribution >= 4 is 5.97 Å². The zero-order valence-corrected chi connectivity index (χ0v) is 13.1. The van der Waals surface area contributed by atoms with E-state index in [9.17, 15) is 31.1 Å². The Morgan fingerprint density at radius 2 is 1.59 bits per heavy atom. The highest BCUT2D eigenvalue weighted by molar-refractivity contribution is 5.72. The molecule has 0 aliphatic carbocycles. The van der Waals surface area contributed by atoms with E-state index in [2.05, 4.69) is 19.6 Å². The van der Waals surface area contributed by atoms with E-state index in [1.807, 2.05) is 0 Å². The lowest BCUT2D eigenvalue weighted by atomic mass is 10.3. The maximum absolute atomic E-state index is 12.4. The summed E-state index contributed by atoms with van der Waals surface area (Å²) in [6.07, 6.45) is -10.8. The van der Waals surface area contributed by atoms with E-state index in [4.69, 9.17) is 9.84 Å². The summed E-state index contributed by atoms with van der Waals surface area (Å²) in [7, 11) is 0. The molecule has 1 N–H and O–H groups in total. The Hall–Kier alpha value is -3.19. The standard InChI is InChI=1S/C13H9F6N3O5/c1-6(10(23)24)25-11-20-5-22(21-11)7-2-8(26-12(14,15)16)4-9(3-7)27-13(17,18)19/h2-6H,1H3,(H,23,24). The third-order valence-electron chi connectivity index (χ3n) is 2.70. The van der Waals surface area contributed by atoms with Crippen molar-refractivity contribution in [1.29, 1.82) is 0 Å². The first-order valence-electron chi connectivity index (χ1n) is 6.80. The SMILES string of the molecule is CC(Oc1ncn(-c2cc(OC(F)(F)F)cc(OC(F)(F)F)c2)n1)C(=O)O. The summed E-state index contributed by atoms with van der Waals surface area (Å²) in [4.78, 5) is 14.3. The quantitative estimate of drug-likeness (QED) is 0.744. The summed E-state index contributed by atoms with van der Waals surface area (Å²) >= 11 is 0. The van der Waals surface area contributed by atoms with Crippen LogP contribution in [0, 0.1) is 0 Å². The number of aliphatic carboxylic acids is 1. The summed E-state index contributed by atoms with van der Waals surface area (Å²) in [5.74, 6) is -3.35. The lowest BCUT2D eigenvalue weighted by Gasteiger charge is -2.14. The number of rotatable bonds is 6. The molecule has 0 aliphatic rings. The second kappa shape index (κ2) is 7.20. The van der Waals surface area contributed by atoms with Gasteiger partial charge in [0.1, 0.15) is 17.8 Å². The molecule has 2 rings (SSSR count). The number of nitrogens with zero attached hydrogens (tertiary/aromatic N) is 3. The van der Waals surface area contributed by atoms with E-state index in [-0.39, 0.29) is 5.69 Å². The van der Waals surface area contributed by atoms with Crippen LogP contribution in [0.25, 0.3) is 5.69 Å². The molecule has 1 atom stereocenters. The average Bonchev–Trinajstić information content (AvgIpc) is 2.91. The van der Waals surface area contributed by atoms with Crippen molar-refractivity contribution in [3.05, 3.63) is 24.5 Å². The Morgan fingerprint density at radius 1 is 1.07 bits per heavy atom. The molecule has 1 unspecified atom stereocenters. The molecule has 0 spiro atoms. The number of halogens is 6. The molecule has 0 aliphatic heterocycles. The van der Waals surface area contributed by atoms with Crippen molar-refractivity contribution in [1.82, 2.24) is 14.8 Å². The van der Waals surface area contributed by atoms with Gasteiger partial charge >= 0.3 is 24.7 Å². The summed E-state index contributed by atoms with van der Waals surface area (Å²) in [6, 6.07) is 1.35. The van der Waals surface area contributed by atoms with Gasteiger partial charge in [0.15, 0.2) is 6.10 Å². The Morgan fingerprint density at radius 3 is 2.04 bits per heavy atom. The Balaban J connectivity index is 2.37. The van der Waals surface area contributed by atoms with Crippen molar-refractivity contribution in [2.45, 2.75) is 25.8 Å². The van der Waals surface area contributed by atoms with Crippen LogP contribution in [0.1, 0.15) is 6.92 Å². The third kappa shape index (κ3) is 6.23. The molecule has 0 saturated heterocycles. The van der Waals surface area contributed by atoms with Gasteiger partial charge in [0.05, 0.1) is 5.69 Å². The maximum Gasteiger partial charge on any atom is 0.573 e. The molecule has 0 bridgehead atoms. The van der Waals surface area contributed by atoms with Crippen LogP contribution in [0.4, 0.5) is 26.3 Å². The minimum absolute atomic E-state index is 0.346. The maximum atomic E-state index is 12.4. The van der Waals surface area contributed by atoms with Crippen molar-refractivity contribution in [3.63, 3.8) is 0 Å². The fourth-order valence-electron chi connectivity index (χ4n) is 1.71. The van der Waals surface area contributed by atoms with E-state index in [0.717, 1.165) is 30.1 Å². The normalized spacial score (nSPS) is 13.1. The number of alkyl halides is 6. The minimum Gasteiger partial charge on any atom is -0.479 e. The zero-order chi connectivity index (χ0) is 20.4. The molecule has 0 amide bonds. The fraction of sp³-hybridized carbons (Fsp3) is 0.308. The molecule has 1 heterocycles. The summed E-state index contributed by atoms with van der Waals surface area (Å²) in [6.45, 7) is 1.16. The van der Waals surface area contributed by atoms with Crippen LogP contribution in [-0.4, -0.2) is 44.7 Å². The van der Waals surface area contributed by atoms with Gasteiger partial charge in [-0.25, -0.2) is 9.48 Å². The molecule has 0 saturated carbocycles. The third-order valence-corrected chi connectivity index (χ3v) is 2.70. The van der Waals surface area contributed by atoms with Gasteiger partial charge in [-0.15, -0.1) is 31.4 Å². The summed E-state index contributed by atoms with van der Waals surface area (Å²) in [5.41, 5.74) is -0.346. The van der Waals surface area contributed by atoms with Crippen molar-refractivity contribution in [2.75, 3.05) is 0 Å². The lowest BCUT2D eigenvalue weighted by molar-refractivity contribution is -0.276. The fourth-order valence-corrected chi connectivity index (χ4v) is 1.71. The van der Waals surface area contributed by atoms with E-state index < -0.39 is 42.3 Å². The molecule has 8 nitrogen and oxygen atoms in total. The van der Waals surface area contributed by atoms with E-state index >= 15 is 0 Å². The topological polar surface area (TPSA) is 95.7 Å². The van der Waals surface area contributed by atoms with Gasteiger partial charge in [-0.2, -0.15) is 4.98 Å². The van der Waals surface area contributed by atoms with Gasteiger partial charge in [-0.05, 0) is 6.92 Å². The number of benzene rings is 1. The number of carbonyl (C=O) groups is 1. The Kier molecular flexibility index (Phi) is 5.37. The van der Waals surface area contributed by atoms with Crippen LogP contribution in [0.5, 0.6) is 17.5 Å². The average molecular weight is 401 g/mol. The number of carboxylic acid groups (broad SMARTS) is 1. The summed E-state index contributed by atoms with van der Waals surface area (Å²) in [5, 5.41) is 12.3. The highest BCUT2D eigenvalue weighted by atomic mass is 19.4. The van der Waals surface area contributed by atoms with Crippen molar-refractivity contribution in [3.8, 4) is 23.2 Å². The molecule has 2 aromatic rings. The highest BCUT2D eigenvalue weighted by Crippen LogP contribution is 2.32. The minimum atomic E-state index is -5.16. The van der Waals surface area contributed by atoms with E-state index in [1.54, 1.807) is 0 Å². The molecule has 1 aromatic carbocycles. The predicted molar refractivity (Wildman–Crippen MR) is 72.5 cm³/mol. The largest absolute Gasteiger partial charge is 0.573 e. The number of carboxylic acids is 1. The molecule has 0 fully saturated rings. The smallest absolute Gasteiger partial charge is 0.479 e. The van der Waals surface area contributed by atoms with E-state index in [0.29, 0.717) is 6.07 Å². The number of ether oxygens (including phenoxy) is 3. The lowest BCUT2D eigenvalue weighted by Crippen LogP contribution is -2.23. The molecule has 148 valence electrons. The van der Waals surface area contributed by atoms with Gasteiger partial charge in [-0.3, -0.25) is 0 Å². The monoisotopic (exact) mass is 401 g/mol. The van der Waals surface area contributed by atoms with Crippen LogP contribution in [0.2, 0.25) is 0 Å². The molecular weight excluding hydrogens is 392 g/mol. The van der Waals surface area contributed by atoms with Gasteiger partial charge in [-0.1, -0.05) is 0 Å². The number of hydrogen-bond donors (Lipinski definition) is 1. The number of aromatic nitrogens is 3. The molecule has 14 heteroatoms. The van der Waals surface area contributed by atoms with Gasteiger partial charge < -0.3 is 19.3 Å². The molecule has 0 radical (unpaired) electrons. The first-order chi connectivity index (χ1) is 12.3. The van der Waals surface area contributed by atoms with E-state index in [1.165, 1.54) is 0 Å². The van der Waals surface area contributed by atoms with Gasteiger partial charge in [0, 0.05) is 18.2 Å². The Labute approximate surface area is 145 Å². The Bertz CT molecular complexity index is 785. The van der Waals surface area contributed by atoms with Crippen LogP contribution in [0.3, 0.4) is 0 Å². The van der Waals surface area contributed by atoms with Crippen LogP contribution in [0.15, 0.2) is 24.5 Å². The van der Waals surface area contributed by atoms with Crippen molar-refractivity contribution in [2.24, 2.45) is 0 Å². The van der Waals surface area contributed by atoms with Crippen molar-refractivity contribution < 1.29 is 50.5 Å². The molecular formula is C13H9F6N3O5. The van der Waals surface area contributed by atoms with Crippen LogP contribution < -0.4 is 14.2 Å². The van der Waals surface area contributed by atoms with Gasteiger partial charge in [0.25, 0.3) is 0 Å². The molecule has 1 aromatic heterocycles. The zero-order valence-electron chi connectivity index (χ0n) is 13.1. The second-order valence-corrected chi connectivity index (χ2v) is 4.83. The highest BCUT2D eigenvalue weighted by Gasteiger charge is 2.34. The van der Waals surface area contributed by atoms with Crippen LogP contribution >= 0.6 is 0 Å². The van der Waals surface area contributed by atoms with Crippen LogP contribution in [-0.2, 0) is 4.79 Å². The predicted octanol–water partition coefficient (Wildman–Crippen LogP) is 2.92. The molecule has 27 heavy (non-hydrogen) atoms.